The predicted molar refractivity (Wildman–Crippen MR) is 111 cm³/mol. The normalized spacial score (nSPS) is 11.0. The summed E-state index contributed by atoms with van der Waals surface area (Å²) in [5.74, 6) is -0.160. The molecule has 2 aromatic carbocycles. The SMILES string of the molecule is Cc1ccccc1-c1cc2cc(CNC(=O)c3cncnc3C)ccc2n1C. The van der Waals surface area contributed by atoms with Gasteiger partial charge >= 0.3 is 0 Å². The fourth-order valence-electron chi connectivity index (χ4n) is 3.52. The molecule has 0 unspecified atom stereocenters. The van der Waals surface area contributed by atoms with Crippen LogP contribution in [0.25, 0.3) is 22.2 Å². The summed E-state index contributed by atoms with van der Waals surface area (Å²) < 4.78 is 2.21. The molecular formula is C23H22N4O. The largest absolute Gasteiger partial charge is 0.348 e. The Balaban J connectivity index is 1.59. The van der Waals surface area contributed by atoms with Crippen LogP contribution < -0.4 is 5.32 Å². The van der Waals surface area contributed by atoms with Gasteiger partial charge in [0.1, 0.15) is 6.33 Å². The lowest BCUT2D eigenvalue weighted by atomic mass is 10.1. The molecule has 0 fully saturated rings. The van der Waals surface area contributed by atoms with Gasteiger partial charge < -0.3 is 9.88 Å². The molecule has 0 saturated heterocycles. The zero-order valence-electron chi connectivity index (χ0n) is 16.2. The molecule has 5 heteroatoms. The van der Waals surface area contributed by atoms with Crippen LogP contribution in [0, 0.1) is 13.8 Å². The molecule has 2 heterocycles. The number of carbonyl (C=O) groups excluding carboxylic acids is 1. The average molecular weight is 370 g/mol. The zero-order valence-corrected chi connectivity index (χ0v) is 16.2. The van der Waals surface area contributed by atoms with Crippen molar-refractivity contribution >= 4 is 16.8 Å². The number of carbonyl (C=O) groups is 1. The van der Waals surface area contributed by atoms with Crippen molar-refractivity contribution in [2.24, 2.45) is 7.05 Å². The Morgan fingerprint density at radius 1 is 1.11 bits per heavy atom. The summed E-state index contributed by atoms with van der Waals surface area (Å²) in [6, 6.07) is 16.9. The third-order valence-corrected chi connectivity index (χ3v) is 5.14. The van der Waals surface area contributed by atoms with E-state index in [0.717, 1.165) is 10.9 Å². The van der Waals surface area contributed by atoms with Gasteiger partial charge in [-0.25, -0.2) is 9.97 Å². The first-order valence-corrected chi connectivity index (χ1v) is 9.24. The fourth-order valence-corrected chi connectivity index (χ4v) is 3.52. The number of aromatic nitrogens is 3. The average Bonchev–Trinajstić information content (AvgIpc) is 3.02. The van der Waals surface area contributed by atoms with E-state index in [-0.39, 0.29) is 5.91 Å². The topological polar surface area (TPSA) is 59.8 Å². The van der Waals surface area contributed by atoms with Gasteiger partial charge in [0.2, 0.25) is 0 Å². The molecule has 5 nitrogen and oxygen atoms in total. The predicted octanol–water partition coefficient (Wildman–Crippen LogP) is 4.18. The van der Waals surface area contributed by atoms with Gasteiger partial charge in [-0.2, -0.15) is 0 Å². The lowest BCUT2D eigenvalue weighted by Gasteiger charge is -2.08. The van der Waals surface area contributed by atoms with Crippen LogP contribution in [-0.2, 0) is 13.6 Å². The summed E-state index contributed by atoms with van der Waals surface area (Å²) >= 11 is 0. The van der Waals surface area contributed by atoms with Gasteiger partial charge in [-0.1, -0.05) is 30.3 Å². The lowest BCUT2D eigenvalue weighted by molar-refractivity contribution is 0.0949. The smallest absolute Gasteiger partial charge is 0.254 e. The Morgan fingerprint density at radius 2 is 1.93 bits per heavy atom. The highest BCUT2D eigenvalue weighted by Crippen LogP contribution is 2.29. The maximum Gasteiger partial charge on any atom is 0.254 e. The van der Waals surface area contributed by atoms with Gasteiger partial charge in [0.05, 0.1) is 11.3 Å². The number of nitrogens with one attached hydrogen (secondary N) is 1. The van der Waals surface area contributed by atoms with Crippen LogP contribution in [-0.4, -0.2) is 20.4 Å². The Kier molecular flexibility index (Phi) is 4.65. The van der Waals surface area contributed by atoms with E-state index in [0.29, 0.717) is 17.8 Å². The summed E-state index contributed by atoms with van der Waals surface area (Å²) in [5, 5.41) is 4.12. The fraction of sp³-hybridized carbons (Fsp3) is 0.174. The molecule has 0 aliphatic heterocycles. The third-order valence-electron chi connectivity index (χ3n) is 5.14. The van der Waals surface area contributed by atoms with Crippen molar-refractivity contribution in [2.75, 3.05) is 0 Å². The molecule has 0 spiro atoms. The number of rotatable bonds is 4. The van der Waals surface area contributed by atoms with Gasteiger partial charge in [0, 0.05) is 41.9 Å². The van der Waals surface area contributed by atoms with E-state index >= 15 is 0 Å². The molecule has 0 bridgehead atoms. The van der Waals surface area contributed by atoms with Gasteiger partial charge in [-0.3, -0.25) is 4.79 Å². The highest BCUT2D eigenvalue weighted by Gasteiger charge is 2.12. The maximum atomic E-state index is 12.4. The monoisotopic (exact) mass is 370 g/mol. The van der Waals surface area contributed by atoms with Gasteiger partial charge in [-0.05, 0) is 43.2 Å². The van der Waals surface area contributed by atoms with Crippen LogP contribution in [0.2, 0.25) is 0 Å². The van der Waals surface area contributed by atoms with E-state index in [9.17, 15) is 4.79 Å². The molecule has 4 rings (SSSR count). The van der Waals surface area contributed by atoms with Crippen LogP contribution in [0.1, 0.15) is 27.2 Å². The van der Waals surface area contributed by atoms with Gasteiger partial charge in [0.25, 0.3) is 5.91 Å². The molecule has 1 amide bonds. The highest BCUT2D eigenvalue weighted by atomic mass is 16.1. The van der Waals surface area contributed by atoms with Crippen molar-refractivity contribution in [1.82, 2.24) is 19.9 Å². The Morgan fingerprint density at radius 3 is 2.71 bits per heavy atom. The van der Waals surface area contributed by atoms with E-state index < -0.39 is 0 Å². The second kappa shape index (κ2) is 7.27. The summed E-state index contributed by atoms with van der Waals surface area (Å²) in [4.78, 5) is 20.4. The summed E-state index contributed by atoms with van der Waals surface area (Å²) in [6.07, 6.45) is 2.99. The second-order valence-electron chi connectivity index (χ2n) is 7.00. The molecule has 2 aromatic heterocycles. The van der Waals surface area contributed by atoms with Crippen LogP contribution in [0.5, 0.6) is 0 Å². The molecule has 0 radical (unpaired) electrons. The van der Waals surface area contributed by atoms with Crippen molar-refractivity contribution in [1.29, 1.82) is 0 Å². The molecule has 0 aliphatic carbocycles. The summed E-state index contributed by atoms with van der Waals surface area (Å²) in [5.41, 5.74) is 7.07. The minimum Gasteiger partial charge on any atom is -0.348 e. The molecule has 140 valence electrons. The molecule has 1 N–H and O–H groups in total. The summed E-state index contributed by atoms with van der Waals surface area (Å²) in [7, 11) is 2.09. The second-order valence-corrected chi connectivity index (χ2v) is 7.00. The minimum absolute atomic E-state index is 0.160. The molecule has 0 saturated carbocycles. The number of benzene rings is 2. The van der Waals surface area contributed by atoms with Crippen LogP contribution >= 0.6 is 0 Å². The molecule has 28 heavy (non-hydrogen) atoms. The van der Waals surface area contributed by atoms with E-state index in [1.807, 2.05) is 0 Å². The maximum absolute atomic E-state index is 12.4. The Bertz CT molecular complexity index is 1180. The molecule has 0 atom stereocenters. The van der Waals surface area contributed by atoms with Crippen molar-refractivity contribution in [2.45, 2.75) is 20.4 Å². The van der Waals surface area contributed by atoms with E-state index in [1.54, 1.807) is 13.1 Å². The van der Waals surface area contributed by atoms with Crippen molar-refractivity contribution in [3.63, 3.8) is 0 Å². The number of hydrogen-bond donors (Lipinski definition) is 1. The van der Waals surface area contributed by atoms with Gasteiger partial charge in [-0.15, -0.1) is 0 Å². The standard InChI is InChI=1S/C23H22N4O/c1-15-6-4-5-7-19(15)22-11-18-10-17(8-9-21(18)27(22)3)12-25-23(28)20-13-24-14-26-16(20)2/h4-11,13-14H,12H2,1-3H3,(H,25,28). The minimum atomic E-state index is -0.160. The zero-order chi connectivity index (χ0) is 19.7. The van der Waals surface area contributed by atoms with Crippen molar-refractivity contribution in [3.8, 4) is 11.3 Å². The van der Waals surface area contributed by atoms with Crippen LogP contribution in [0.4, 0.5) is 0 Å². The lowest BCUT2D eigenvalue weighted by Crippen LogP contribution is -2.24. The number of amides is 1. The van der Waals surface area contributed by atoms with Gasteiger partial charge in [0.15, 0.2) is 0 Å². The first kappa shape index (κ1) is 17.9. The quantitative estimate of drug-likeness (QED) is 0.586. The van der Waals surface area contributed by atoms with E-state index in [4.69, 9.17) is 0 Å². The summed E-state index contributed by atoms with van der Waals surface area (Å²) in [6.45, 7) is 4.39. The third kappa shape index (κ3) is 3.27. The first-order chi connectivity index (χ1) is 13.5. The molecule has 4 aromatic rings. The van der Waals surface area contributed by atoms with Crippen molar-refractivity contribution in [3.05, 3.63) is 83.4 Å². The molecule has 0 aliphatic rings. The molecular weight excluding hydrogens is 348 g/mol. The van der Waals surface area contributed by atoms with Crippen LogP contribution in [0.15, 0.2) is 61.1 Å². The van der Waals surface area contributed by atoms with Crippen molar-refractivity contribution < 1.29 is 4.79 Å². The Labute approximate surface area is 164 Å². The van der Waals surface area contributed by atoms with E-state index in [1.165, 1.54) is 28.7 Å². The van der Waals surface area contributed by atoms with E-state index in [2.05, 4.69) is 82.4 Å². The highest BCUT2D eigenvalue weighted by molar-refractivity contribution is 5.95. The first-order valence-electron chi connectivity index (χ1n) is 9.24. The number of nitrogens with zero attached hydrogens (tertiary/aromatic N) is 3. The number of hydrogen-bond acceptors (Lipinski definition) is 3. The Hall–Kier alpha value is -3.47. The number of aryl methyl sites for hydroxylation is 3. The number of fused-ring (bicyclic) bond motifs is 1. The van der Waals surface area contributed by atoms with Crippen LogP contribution in [0.3, 0.4) is 0 Å².